The molecule has 0 aromatic carbocycles. The molecule has 0 saturated heterocycles. The highest BCUT2D eigenvalue weighted by Gasteiger charge is 2.65. The molecule has 12 heteroatoms. The van der Waals surface area contributed by atoms with Crippen LogP contribution in [0.2, 0.25) is 0 Å². The third-order valence-corrected chi connectivity index (χ3v) is 2.18. The second-order valence-electron chi connectivity index (χ2n) is 3.68. The molecule has 0 aliphatic carbocycles. The van der Waals surface area contributed by atoms with Gasteiger partial charge in [0, 0.05) is 0 Å². The zero-order valence-electron chi connectivity index (χ0n) is 9.07. The van der Waals surface area contributed by atoms with Crippen molar-refractivity contribution in [2.24, 2.45) is 0 Å². The molecule has 0 aromatic rings. The first-order valence-corrected chi connectivity index (χ1v) is 4.71. The fraction of sp³-hybridized carbons (Fsp3) is 1.00. The molecule has 0 amide bonds. The van der Waals surface area contributed by atoms with Crippen molar-refractivity contribution in [2.75, 3.05) is 0 Å². The normalized spacial score (nSPS) is 21.4. The van der Waals surface area contributed by atoms with Gasteiger partial charge < -0.3 is 5.11 Å². The summed E-state index contributed by atoms with van der Waals surface area (Å²) in [4.78, 5) is 0. The van der Waals surface area contributed by atoms with Gasteiger partial charge in [0.1, 0.15) is 0 Å². The van der Waals surface area contributed by atoms with Crippen molar-refractivity contribution in [3.05, 3.63) is 0 Å². The second-order valence-corrected chi connectivity index (χ2v) is 3.68. The van der Waals surface area contributed by atoms with Crippen molar-refractivity contribution in [1.82, 2.24) is 0 Å². The summed E-state index contributed by atoms with van der Waals surface area (Å²) in [7, 11) is 0. The lowest BCUT2D eigenvalue weighted by Gasteiger charge is -2.29. The summed E-state index contributed by atoms with van der Waals surface area (Å²) in [5.74, 6) is -6.17. The maximum atomic E-state index is 12.8. The number of alkyl halides is 11. The van der Waals surface area contributed by atoms with Gasteiger partial charge in [-0.25, -0.2) is 30.7 Å². The van der Waals surface area contributed by atoms with Crippen LogP contribution in [0.1, 0.15) is 0 Å². The van der Waals surface area contributed by atoms with Crippen LogP contribution in [-0.2, 0) is 0 Å². The van der Waals surface area contributed by atoms with Gasteiger partial charge in [0.2, 0.25) is 6.17 Å². The SMILES string of the molecule is OC(F)(F)C(F)(F)C(F)C(F)C(F)C(F)C(F)C(F)F. The van der Waals surface area contributed by atoms with E-state index in [0.717, 1.165) is 0 Å². The Labute approximate surface area is 104 Å². The van der Waals surface area contributed by atoms with E-state index in [0.29, 0.717) is 0 Å². The van der Waals surface area contributed by atoms with Gasteiger partial charge in [-0.05, 0) is 0 Å². The molecule has 5 unspecified atom stereocenters. The molecule has 1 nitrogen and oxygen atoms in total. The molecule has 0 radical (unpaired) electrons. The Morgan fingerprint density at radius 2 is 0.950 bits per heavy atom. The summed E-state index contributed by atoms with van der Waals surface area (Å²) in [5, 5.41) is 7.58. The Hall–Kier alpha value is -0.810. The molecule has 1 N–H and O–H groups in total. The standard InChI is InChI=1S/C8H7F11O/c9-1(2(10)4(12)6(14)15)3(11)5(13)7(16,17)8(18,19)20/h1-6,20H. The Bertz CT molecular complexity index is 303. The summed E-state index contributed by atoms with van der Waals surface area (Å²) >= 11 is 0. The van der Waals surface area contributed by atoms with Crippen molar-refractivity contribution < 1.29 is 53.4 Å². The van der Waals surface area contributed by atoms with Gasteiger partial charge in [0.05, 0.1) is 0 Å². The lowest BCUT2D eigenvalue weighted by atomic mass is 10.00. The molecule has 0 saturated carbocycles. The second kappa shape index (κ2) is 6.31. The first-order chi connectivity index (χ1) is 8.75. The van der Waals surface area contributed by atoms with Crippen LogP contribution in [0, 0.1) is 0 Å². The first-order valence-electron chi connectivity index (χ1n) is 4.71. The molecule has 0 fully saturated rings. The highest BCUT2D eigenvalue weighted by Crippen LogP contribution is 2.40. The van der Waals surface area contributed by atoms with Crippen LogP contribution in [0.5, 0.6) is 0 Å². The minimum atomic E-state index is -6.17. The minimum absolute atomic E-state index is 3.97. The first kappa shape index (κ1) is 19.2. The number of aliphatic hydroxyl groups is 1. The molecule has 0 bridgehead atoms. The Balaban J connectivity index is 5.03. The molecular formula is C8H7F11O. The lowest BCUT2D eigenvalue weighted by molar-refractivity contribution is -0.348. The van der Waals surface area contributed by atoms with Crippen molar-refractivity contribution in [3.63, 3.8) is 0 Å². The molecule has 0 aliphatic heterocycles. The van der Waals surface area contributed by atoms with Gasteiger partial charge in [-0.2, -0.15) is 17.6 Å². The van der Waals surface area contributed by atoms with Crippen LogP contribution in [0.25, 0.3) is 0 Å². The summed E-state index contributed by atoms with van der Waals surface area (Å²) in [6.45, 7) is 0. The predicted octanol–water partition coefficient (Wildman–Crippen LogP) is 3.16. The summed E-state index contributed by atoms with van der Waals surface area (Å²) in [6.07, 6.45) is -31.7. The van der Waals surface area contributed by atoms with Gasteiger partial charge >= 0.3 is 12.0 Å². The van der Waals surface area contributed by atoms with E-state index < -0.39 is 49.3 Å². The maximum Gasteiger partial charge on any atom is 0.420 e. The monoisotopic (exact) mass is 328 g/mol. The Morgan fingerprint density at radius 3 is 1.25 bits per heavy atom. The molecule has 0 rings (SSSR count). The topological polar surface area (TPSA) is 20.2 Å². The molecular weight excluding hydrogens is 321 g/mol. The summed E-state index contributed by atoms with van der Waals surface area (Å²) in [6, 6.07) is 0. The molecule has 0 heterocycles. The van der Waals surface area contributed by atoms with Gasteiger partial charge in [-0.15, -0.1) is 0 Å². The smallest absolute Gasteiger partial charge is 0.331 e. The Morgan fingerprint density at radius 1 is 0.600 bits per heavy atom. The van der Waals surface area contributed by atoms with Crippen LogP contribution in [0.4, 0.5) is 48.3 Å². The number of hydrogen-bond acceptors (Lipinski definition) is 1. The lowest BCUT2D eigenvalue weighted by Crippen LogP contribution is -2.55. The van der Waals surface area contributed by atoms with Gasteiger partial charge in [0.15, 0.2) is 24.7 Å². The van der Waals surface area contributed by atoms with Crippen molar-refractivity contribution in [1.29, 1.82) is 0 Å². The van der Waals surface area contributed by atoms with Crippen molar-refractivity contribution in [2.45, 2.75) is 49.3 Å². The van der Waals surface area contributed by atoms with E-state index in [9.17, 15) is 48.3 Å². The zero-order chi connectivity index (χ0) is 16.5. The van der Waals surface area contributed by atoms with E-state index in [2.05, 4.69) is 0 Å². The zero-order valence-corrected chi connectivity index (χ0v) is 9.07. The summed E-state index contributed by atoms with van der Waals surface area (Å²) < 4.78 is 135. The predicted molar refractivity (Wildman–Crippen MR) is 42.6 cm³/mol. The van der Waals surface area contributed by atoms with E-state index in [1.165, 1.54) is 0 Å². The largest absolute Gasteiger partial charge is 0.420 e. The average molecular weight is 328 g/mol. The third-order valence-electron chi connectivity index (χ3n) is 2.18. The Kier molecular flexibility index (Phi) is 6.05. The fourth-order valence-electron chi connectivity index (χ4n) is 1.02. The number of hydrogen-bond donors (Lipinski definition) is 1. The van der Waals surface area contributed by atoms with E-state index in [4.69, 9.17) is 5.11 Å². The maximum absolute atomic E-state index is 12.8. The van der Waals surface area contributed by atoms with Crippen LogP contribution in [0.3, 0.4) is 0 Å². The highest BCUT2D eigenvalue weighted by molar-refractivity contribution is 4.95. The van der Waals surface area contributed by atoms with E-state index in [-0.39, 0.29) is 0 Å². The minimum Gasteiger partial charge on any atom is -0.331 e. The van der Waals surface area contributed by atoms with E-state index >= 15 is 0 Å². The average Bonchev–Trinajstić information content (AvgIpc) is 2.32. The van der Waals surface area contributed by atoms with Gasteiger partial charge in [0.25, 0.3) is 6.43 Å². The van der Waals surface area contributed by atoms with Crippen LogP contribution in [-0.4, -0.2) is 54.4 Å². The van der Waals surface area contributed by atoms with Crippen molar-refractivity contribution >= 4 is 0 Å². The van der Waals surface area contributed by atoms with Gasteiger partial charge in [-0.1, -0.05) is 0 Å². The molecule has 5 atom stereocenters. The van der Waals surface area contributed by atoms with Gasteiger partial charge in [-0.3, -0.25) is 0 Å². The molecule has 0 aliphatic rings. The quantitative estimate of drug-likeness (QED) is 0.712. The highest BCUT2D eigenvalue weighted by atomic mass is 19.3. The molecule has 122 valence electrons. The van der Waals surface area contributed by atoms with E-state index in [1.807, 2.05) is 0 Å². The van der Waals surface area contributed by atoms with Crippen LogP contribution < -0.4 is 0 Å². The van der Waals surface area contributed by atoms with Crippen molar-refractivity contribution in [3.8, 4) is 0 Å². The van der Waals surface area contributed by atoms with Crippen LogP contribution in [0.15, 0.2) is 0 Å². The molecule has 0 spiro atoms. The fourth-order valence-corrected chi connectivity index (χ4v) is 1.02. The number of halogens is 11. The number of rotatable bonds is 7. The summed E-state index contributed by atoms with van der Waals surface area (Å²) in [5.41, 5.74) is 0. The third kappa shape index (κ3) is 3.85. The molecule has 20 heavy (non-hydrogen) atoms. The molecule has 0 aromatic heterocycles. The van der Waals surface area contributed by atoms with E-state index in [1.54, 1.807) is 0 Å². The van der Waals surface area contributed by atoms with Crippen LogP contribution >= 0.6 is 0 Å².